The van der Waals surface area contributed by atoms with Gasteiger partial charge in [-0.3, -0.25) is 4.79 Å². The van der Waals surface area contributed by atoms with Crippen molar-refractivity contribution in [3.8, 4) is 0 Å². The maximum atomic E-state index is 11.5. The number of hydrogen-bond donors (Lipinski definition) is 1. The third-order valence-corrected chi connectivity index (χ3v) is 3.04. The van der Waals surface area contributed by atoms with Crippen molar-refractivity contribution >= 4 is 17.4 Å². The Morgan fingerprint density at radius 1 is 1.53 bits per heavy atom. The van der Waals surface area contributed by atoms with Crippen LogP contribution in [0.5, 0.6) is 0 Å². The highest BCUT2D eigenvalue weighted by Crippen LogP contribution is 2.41. The summed E-state index contributed by atoms with van der Waals surface area (Å²) < 4.78 is 0. The predicted molar refractivity (Wildman–Crippen MR) is 60.6 cm³/mol. The molecule has 0 heterocycles. The van der Waals surface area contributed by atoms with Crippen molar-refractivity contribution in [2.75, 3.05) is 13.1 Å². The van der Waals surface area contributed by atoms with Crippen LogP contribution < -0.4 is 0 Å². The Kier molecular flexibility index (Phi) is 3.58. The van der Waals surface area contributed by atoms with Crippen molar-refractivity contribution in [1.29, 1.82) is 0 Å². The standard InChI is InChI=1S/C11H16ClNO2/c1-4-7-11(15)9(8(12)10(11)14)13(5-2)6-3/h4,15H,1,5-7H2,2-3H3. The predicted octanol–water partition coefficient (Wildman–Crippen LogP) is 1.67. The molecule has 0 aliphatic heterocycles. The van der Waals surface area contributed by atoms with Crippen LogP contribution in [0.1, 0.15) is 20.3 Å². The summed E-state index contributed by atoms with van der Waals surface area (Å²) in [6.07, 6.45) is 1.75. The second-order valence-corrected chi connectivity index (χ2v) is 3.90. The van der Waals surface area contributed by atoms with Gasteiger partial charge < -0.3 is 10.0 Å². The molecule has 0 bridgehead atoms. The minimum atomic E-state index is -1.44. The molecule has 15 heavy (non-hydrogen) atoms. The zero-order valence-electron chi connectivity index (χ0n) is 9.09. The molecule has 0 saturated heterocycles. The van der Waals surface area contributed by atoms with E-state index in [2.05, 4.69) is 6.58 Å². The van der Waals surface area contributed by atoms with E-state index >= 15 is 0 Å². The monoisotopic (exact) mass is 229 g/mol. The summed E-state index contributed by atoms with van der Waals surface area (Å²) in [5.74, 6) is -0.397. The van der Waals surface area contributed by atoms with Crippen LogP contribution in [0.2, 0.25) is 0 Å². The van der Waals surface area contributed by atoms with E-state index in [1.54, 1.807) is 0 Å². The Labute approximate surface area is 95.0 Å². The Bertz CT molecular complexity index is 321. The molecule has 0 amide bonds. The molecule has 0 aromatic rings. The molecular formula is C11H16ClNO2. The molecule has 0 radical (unpaired) electrons. The lowest BCUT2D eigenvalue weighted by molar-refractivity contribution is -0.135. The van der Waals surface area contributed by atoms with Crippen LogP contribution in [0, 0.1) is 0 Å². The van der Waals surface area contributed by atoms with Crippen LogP contribution in [0.3, 0.4) is 0 Å². The van der Waals surface area contributed by atoms with Crippen LogP contribution in [-0.2, 0) is 4.79 Å². The maximum Gasteiger partial charge on any atom is 0.214 e. The largest absolute Gasteiger partial charge is 0.375 e. The van der Waals surface area contributed by atoms with Crippen molar-refractivity contribution in [2.24, 2.45) is 0 Å². The van der Waals surface area contributed by atoms with E-state index in [-0.39, 0.29) is 11.5 Å². The number of aliphatic hydroxyl groups is 1. The lowest BCUT2D eigenvalue weighted by atomic mass is 9.79. The third kappa shape index (κ3) is 1.70. The van der Waals surface area contributed by atoms with Gasteiger partial charge in [-0.15, -0.1) is 6.58 Å². The summed E-state index contributed by atoms with van der Waals surface area (Å²) in [6, 6.07) is 0. The summed E-state index contributed by atoms with van der Waals surface area (Å²) in [6.45, 7) is 8.88. The van der Waals surface area contributed by atoms with Gasteiger partial charge in [0.05, 0.1) is 5.70 Å². The first-order valence-corrected chi connectivity index (χ1v) is 5.44. The topological polar surface area (TPSA) is 40.5 Å². The lowest BCUT2D eigenvalue weighted by Gasteiger charge is -2.42. The first kappa shape index (κ1) is 12.3. The molecule has 4 heteroatoms. The normalized spacial score (nSPS) is 25.2. The first-order valence-electron chi connectivity index (χ1n) is 5.06. The number of rotatable bonds is 5. The van der Waals surface area contributed by atoms with Gasteiger partial charge in [-0.1, -0.05) is 17.7 Å². The van der Waals surface area contributed by atoms with Crippen LogP contribution >= 0.6 is 11.6 Å². The molecule has 0 aromatic carbocycles. The van der Waals surface area contributed by atoms with Crippen LogP contribution in [0.4, 0.5) is 0 Å². The average Bonchev–Trinajstić information content (AvgIpc) is 2.24. The molecule has 1 aliphatic rings. The number of halogens is 1. The van der Waals surface area contributed by atoms with E-state index in [1.165, 1.54) is 6.08 Å². The molecule has 0 fully saturated rings. The quantitative estimate of drug-likeness (QED) is 0.730. The molecule has 3 nitrogen and oxygen atoms in total. The molecule has 84 valence electrons. The van der Waals surface area contributed by atoms with Crippen molar-refractivity contribution in [3.05, 3.63) is 23.4 Å². The Balaban J connectivity index is 3.04. The highest BCUT2D eigenvalue weighted by atomic mass is 35.5. The van der Waals surface area contributed by atoms with Gasteiger partial charge in [-0.2, -0.15) is 0 Å². The molecule has 0 aromatic heterocycles. The zero-order valence-corrected chi connectivity index (χ0v) is 9.84. The number of hydrogen-bond acceptors (Lipinski definition) is 3. The highest BCUT2D eigenvalue weighted by molar-refractivity contribution is 6.47. The van der Waals surface area contributed by atoms with E-state index < -0.39 is 11.4 Å². The van der Waals surface area contributed by atoms with Gasteiger partial charge in [0, 0.05) is 19.5 Å². The van der Waals surface area contributed by atoms with Crippen molar-refractivity contribution in [1.82, 2.24) is 4.90 Å². The summed E-state index contributed by atoms with van der Waals surface area (Å²) >= 11 is 5.83. The van der Waals surface area contributed by atoms with Gasteiger partial charge in [0.15, 0.2) is 5.60 Å². The molecule has 0 saturated carbocycles. The van der Waals surface area contributed by atoms with Gasteiger partial charge in [0.25, 0.3) is 0 Å². The fraction of sp³-hybridized carbons (Fsp3) is 0.545. The number of nitrogens with zero attached hydrogens (tertiary/aromatic N) is 1. The SMILES string of the molecule is C=CCC1(O)C(=O)C(Cl)=C1N(CC)CC. The van der Waals surface area contributed by atoms with Gasteiger partial charge in [0.1, 0.15) is 5.03 Å². The Morgan fingerprint density at radius 3 is 2.47 bits per heavy atom. The summed E-state index contributed by atoms with van der Waals surface area (Å²) in [7, 11) is 0. The minimum Gasteiger partial charge on any atom is -0.375 e. The fourth-order valence-electron chi connectivity index (χ4n) is 1.85. The van der Waals surface area contributed by atoms with Gasteiger partial charge in [0.2, 0.25) is 5.78 Å². The van der Waals surface area contributed by atoms with Gasteiger partial charge >= 0.3 is 0 Å². The van der Waals surface area contributed by atoms with E-state index in [0.717, 1.165) is 13.1 Å². The number of carbonyl (C=O) groups is 1. The van der Waals surface area contributed by atoms with E-state index in [9.17, 15) is 9.90 Å². The van der Waals surface area contributed by atoms with Crippen molar-refractivity contribution in [3.63, 3.8) is 0 Å². The van der Waals surface area contributed by atoms with E-state index in [1.807, 2.05) is 18.7 Å². The molecule has 0 spiro atoms. The fourth-order valence-corrected chi connectivity index (χ4v) is 2.29. The van der Waals surface area contributed by atoms with Crippen LogP contribution in [0.25, 0.3) is 0 Å². The minimum absolute atomic E-state index is 0.156. The van der Waals surface area contributed by atoms with Crippen LogP contribution in [0.15, 0.2) is 23.4 Å². The summed E-state index contributed by atoms with van der Waals surface area (Å²) in [4.78, 5) is 13.4. The van der Waals surface area contributed by atoms with Crippen molar-refractivity contribution < 1.29 is 9.90 Å². The number of likely N-dealkylation sites (N-methyl/N-ethyl adjacent to an activating group) is 1. The second kappa shape index (κ2) is 4.37. The smallest absolute Gasteiger partial charge is 0.214 e. The van der Waals surface area contributed by atoms with Gasteiger partial charge in [-0.05, 0) is 13.8 Å². The van der Waals surface area contributed by atoms with Gasteiger partial charge in [-0.25, -0.2) is 0 Å². The number of carbonyl (C=O) groups excluding carboxylic acids is 1. The number of ketones is 1. The second-order valence-electron chi connectivity index (χ2n) is 3.52. The number of Topliss-reactive ketones (excluding diaryl/α,β-unsaturated/α-hetero) is 1. The molecule has 1 atom stereocenters. The first-order chi connectivity index (χ1) is 7.02. The lowest BCUT2D eigenvalue weighted by Crippen LogP contribution is -2.55. The Hall–Kier alpha value is -0.800. The zero-order chi connectivity index (χ0) is 11.6. The molecule has 1 N–H and O–H groups in total. The summed E-state index contributed by atoms with van der Waals surface area (Å²) in [5, 5.41) is 10.3. The van der Waals surface area contributed by atoms with Crippen molar-refractivity contribution in [2.45, 2.75) is 25.9 Å². The molecule has 1 unspecified atom stereocenters. The van der Waals surface area contributed by atoms with E-state index in [0.29, 0.717) is 5.70 Å². The third-order valence-electron chi connectivity index (χ3n) is 2.69. The maximum absolute atomic E-state index is 11.5. The van der Waals surface area contributed by atoms with E-state index in [4.69, 9.17) is 11.6 Å². The average molecular weight is 230 g/mol. The molecule has 1 aliphatic carbocycles. The summed E-state index contributed by atoms with van der Waals surface area (Å²) in [5.41, 5.74) is -0.899. The Morgan fingerprint density at radius 2 is 2.07 bits per heavy atom. The van der Waals surface area contributed by atoms with Crippen LogP contribution in [-0.4, -0.2) is 34.5 Å². The molecular weight excluding hydrogens is 214 g/mol. The highest BCUT2D eigenvalue weighted by Gasteiger charge is 2.53. The molecule has 1 rings (SSSR count).